The Morgan fingerprint density at radius 3 is 2.61 bits per heavy atom. The third-order valence-electron chi connectivity index (χ3n) is 4.55. The van der Waals surface area contributed by atoms with Gasteiger partial charge in [-0.3, -0.25) is 14.4 Å². The lowest BCUT2D eigenvalue weighted by atomic mass is 10.2. The minimum atomic E-state index is -3.85. The molecular formula is C21H23ClN4O4S3. The summed E-state index contributed by atoms with van der Waals surface area (Å²) in [4.78, 5) is 13.1. The molecule has 1 amide bonds. The molecule has 1 heterocycles. The highest BCUT2D eigenvalue weighted by molar-refractivity contribution is 8.00. The van der Waals surface area contributed by atoms with Gasteiger partial charge in [0.1, 0.15) is 11.8 Å². The van der Waals surface area contributed by atoms with Crippen LogP contribution in [0.3, 0.4) is 0 Å². The Hall–Kier alpha value is -2.34. The zero-order valence-corrected chi connectivity index (χ0v) is 21.4. The number of amides is 1. The predicted molar refractivity (Wildman–Crippen MR) is 134 cm³/mol. The molecule has 1 aromatic heterocycles. The number of hydrogen-bond acceptors (Lipinski definition) is 8. The molecule has 2 aromatic carbocycles. The molecule has 0 saturated heterocycles. The zero-order chi connectivity index (χ0) is 24.0. The van der Waals surface area contributed by atoms with E-state index in [-0.39, 0.29) is 17.9 Å². The van der Waals surface area contributed by atoms with Gasteiger partial charge in [-0.05, 0) is 30.2 Å². The van der Waals surface area contributed by atoms with Crippen LogP contribution < -0.4 is 14.4 Å². The van der Waals surface area contributed by atoms with Crippen LogP contribution in [0.25, 0.3) is 0 Å². The summed E-state index contributed by atoms with van der Waals surface area (Å²) < 4.78 is 32.5. The van der Waals surface area contributed by atoms with Gasteiger partial charge in [-0.2, -0.15) is 0 Å². The Balaban J connectivity index is 1.79. The van der Waals surface area contributed by atoms with Crippen molar-refractivity contribution in [3.8, 4) is 5.75 Å². The maximum atomic E-state index is 13.1. The van der Waals surface area contributed by atoms with Crippen molar-refractivity contribution in [2.24, 2.45) is 0 Å². The van der Waals surface area contributed by atoms with E-state index in [1.54, 1.807) is 19.1 Å². The van der Waals surface area contributed by atoms with E-state index in [9.17, 15) is 13.2 Å². The van der Waals surface area contributed by atoms with Gasteiger partial charge in [0.05, 0.1) is 19.1 Å². The number of rotatable bonds is 10. The molecule has 0 saturated carbocycles. The second-order valence-electron chi connectivity index (χ2n) is 6.94. The van der Waals surface area contributed by atoms with Gasteiger partial charge in [-0.15, -0.1) is 10.2 Å². The van der Waals surface area contributed by atoms with Crippen LogP contribution in [0.4, 0.5) is 10.8 Å². The molecule has 1 atom stereocenters. The number of nitrogens with zero attached hydrogens (tertiary/aromatic N) is 3. The second kappa shape index (κ2) is 11.2. The first-order chi connectivity index (χ1) is 15.7. The number of benzene rings is 2. The number of carbonyl (C=O) groups is 1. The van der Waals surface area contributed by atoms with Crippen LogP contribution in [0.5, 0.6) is 5.75 Å². The fourth-order valence-corrected chi connectivity index (χ4v) is 6.18. The number of hydrogen-bond donors (Lipinski definition) is 1. The van der Waals surface area contributed by atoms with Gasteiger partial charge in [0.2, 0.25) is 21.1 Å². The van der Waals surface area contributed by atoms with Crippen molar-refractivity contribution in [2.75, 3.05) is 23.0 Å². The van der Waals surface area contributed by atoms with Crippen LogP contribution in [-0.2, 0) is 20.6 Å². The Labute approximate surface area is 206 Å². The molecule has 0 spiro atoms. The predicted octanol–water partition coefficient (Wildman–Crippen LogP) is 4.68. The van der Waals surface area contributed by atoms with Gasteiger partial charge in [0, 0.05) is 10.8 Å². The highest BCUT2D eigenvalue weighted by atomic mass is 35.5. The van der Waals surface area contributed by atoms with Gasteiger partial charge < -0.3 is 4.74 Å². The summed E-state index contributed by atoms with van der Waals surface area (Å²) in [7, 11) is -2.43. The van der Waals surface area contributed by atoms with Crippen LogP contribution in [-0.4, -0.2) is 43.9 Å². The molecule has 176 valence electrons. The van der Waals surface area contributed by atoms with Crippen molar-refractivity contribution in [2.45, 2.75) is 29.5 Å². The molecule has 0 aliphatic carbocycles. The third-order valence-corrected chi connectivity index (χ3v) is 7.99. The third kappa shape index (κ3) is 6.59. The van der Waals surface area contributed by atoms with E-state index in [4.69, 9.17) is 16.3 Å². The summed E-state index contributed by atoms with van der Waals surface area (Å²) in [6.45, 7) is 1.72. The summed E-state index contributed by atoms with van der Waals surface area (Å²) in [5, 5.41) is 11.4. The van der Waals surface area contributed by atoms with Gasteiger partial charge in [-0.25, -0.2) is 8.42 Å². The smallest absolute Gasteiger partial charge is 0.250 e. The van der Waals surface area contributed by atoms with Crippen molar-refractivity contribution in [3.63, 3.8) is 0 Å². The summed E-state index contributed by atoms with van der Waals surface area (Å²) in [5.41, 5.74) is 1.33. The normalized spacial score (nSPS) is 12.2. The number of anilines is 2. The molecule has 0 aliphatic heterocycles. The van der Waals surface area contributed by atoms with Crippen LogP contribution in [0.1, 0.15) is 18.9 Å². The Morgan fingerprint density at radius 2 is 1.97 bits per heavy atom. The number of ether oxygens (including phenoxy) is 1. The van der Waals surface area contributed by atoms with Crippen molar-refractivity contribution in [3.05, 3.63) is 59.1 Å². The lowest BCUT2D eigenvalue weighted by Crippen LogP contribution is -2.47. The number of aromatic nitrogens is 2. The van der Waals surface area contributed by atoms with E-state index < -0.39 is 22.0 Å². The molecule has 0 unspecified atom stereocenters. The average molecular weight is 527 g/mol. The first kappa shape index (κ1) is 25.3. The van der Waals surface area contributed by atoms with Crippen LogP contribution in [0.15, 0.2) is 52.9 Å². The Morgan fingerprint density at radius 1 is 1.24 bits per heavy atom. The van der Waals surface area contributed by atoms with Crippen molar-refractivity contribution < 1.29 is 17.9 Å². The monoisotopic (exact) mass is 526 g/mol. The minimum absolute atomic E-state index is 0.186. The highest BCUT2D eigenvalue weighted by Gasteiger charge is 2.34. The second-order valence-corrected chi connectivity index (χ2v) is 11.4. The number of halogens is 1. The summed E-state index contributed by atoms with van der Waals surface area (Å²) in [6, 6.07) is 13.5. The molecule has 0 aliphatic rings. The Bertz CT molecular complexity index is 1210. The van der Waals surface area contributed by atoms with Gasteiger partial charge in [-0.1, -0.05) is 72.0 Å². The van der Waals surface area contributed by atoms with Crippen LogP contribution >= 0.6 is 34.7 Å². The van der Waals surface area contributed by atoms with Crippen molar-refractivity contribution in [1.82, 2.24) is 10.2 Å². The Kier molecular flexibility index (Phi) is 8.57. The quantitative estimate of drug-likeness (QED) is 0.302. The highest BCUT2D eigenvalue weighted by Crippen LogP contribution is 2.35. The molecular weight excluding hydrogens is 504 g/mol. The molecule has 33 heavy (non-hydrogen) atoms. The standard InChI is InChI=1S/C21H23ClN4O4S3/c1-4-16(26(33(3,28)29)17-12-15(22)10-11-18(17)30-2)19(27)23-20-24-25-21(32-20)31-13-14-8-6-5-7-9-14/h5-12,16H,4,13H2,1-3H3,(H,23,24,27)/t16-/m0/s1. The lowest BCUT2D eigenvalue weighted by molar-refractivity contribution is -0.117. The topological polar surface area (TPSA) is 101 Å². The van der Waals surface area contributed by atoms with E-state index in [1.165, 1.54) is 36.3 Å². The average Bonchev–Trinajstić information content (AvgIpc) is 3.23. The van der Waals surface area contributed by atoms with E-state index in [1.807, 2.05) is 30.3 Å². The number of methoxy groups -OCH3 is 1. The van der Waals surface area contributed by atoms with E-state index in [2.05, 4.69) is 15.5 Å². The van der Waals surface area contributed by atoms with Gasteiger partial charge in [0.25, 0.3) is 0 Å². The molecule has 0 bridgehead atoms. The largest absolute Gasteiger partial charge is 0.495 e. The number of carbonyl (C=O) groups excluding carboxylic acids is 1. The van der Waals surface area contributed by atoms with Crippen molar-refractivity contribution >= 4 is 61.4 Å². The lowest BCUT2D eigenvalue weighted by Gasteiger charge is -2.30. The summed E-state index contributed by atoms with van der Waals surface area (Å²) in [5.74, 6) is 0.476. The van der Waals surface area contributed by atoms with Crippen LogP contribution in [0, 0.1) is 0 Å². The molecule has 0 fully saturated rings. The first-order valence-electron chi connectivity index (χ1n) is 9.87. The van der Waals surface area contributed by atoms with E-state index in [0.29, 0.717) is 14.5 Å². The van der Waals surface area contributed by atoms with E-state index in [0.717, 1.165) is 21.9 Å². The maximum absolute atomic E-state index is 13.1. The molecule has 3 aromatic rings. The first-order valence-corrected chi connectivity index (χ1v) is 13.9. The fraction of sp³-hybridized carbons (Fsp3) is 0.286. The fourth-order valence-electron chi connectivity index (χ4n) is 3.10. The van der Waals surface area contributed by atoms with Gasteiger partial charge >= 0.3 is 0 Å². The van der Waals surface area contributed by atoms with Crippen LogP contribution in [0.2, 0.25) is 5.02 Å². The molecule has 1 N–H and O–H groups in total. The molecule has 0 radical (unpaired) electrons. The van der Waals surface area contributed by atoms with Gasteiger partial charge in [0.15, 0.2) is 4.34 Å². The number of sulfonamides is 1. The molecule has 3 rings (SSSR count). The molecule has 12 heteroatoms. The summed E-state index contributed by atoms with van der Waals surface area (Å²) in [6.07, 6.45) is 1.25. The van der Waals surface area contributed by atoms with Crippen molar-refractivity contribution in [1.29, 1.82) is 0 Å². The number of nitrogens with one attached hydrogen (secondary N) is 1. The molecule has 8 nitrogen and oxygen atoms in total. The number of thioether (sulfide) groups is 1. The summed E-state index contributed by atoms with van der Waals surface area (Å²) >= 11 is 8.84. The minimum Gasteiger partial charge on any atom is -0.495 e. The van der Waals surface area contributed by atoms with E-state index >= 15 is 0 Å². The maximum Gasteiger partial charge on any atom is 0.250 e. The zero-order valence-electron chi connectivity index (χ0n) is 18.2. The SMILES string of the molecule is CC[C@@H](C(=O)Nc1nnc(SCc2ccccc2)s1)N(c1cc(Cl)ccc1OC)S(C)(=O)=O.